The molecule has 4 atom stereocenters. The maximum absolute atomic E-state index is 12.1. The van der Waals surface area contributed by atoms with Gasteiger partial charge in [-0.1, -0.05) is 27.7 Å². The Labute approximate surface area is 345 Å². The molecule has 0 spiro atoms. The first-order valence-electron chi connectivity index (χ1n) is 17.0. The molecule has 1 aliphatic rings. The molecule has 0 saturated heterocycles. The monoisotopic (exact) mass is 920 g/mol. The number of hydrogen-bond acceptors (Lipinski definition) is 18. The summed E-state index contributed by atoms with van der Waals surface area (Å²) in [5.41, 5.74) is -1.02. The van der Waals surface area contributed by atoms with Gasteiger partial charge in [0, 0.05) is 79.3 Å². The second-order valence-corrected chi connectivity index (χ2v) is 17.7. The van der Waals surface area contributed by atoms with E-state index in [-0.39, 0.29) is 67.1 Å². The zero-order valence-electron chi connectivity index (χ0n) is 32.2. The highest BCUT2D eigenvalue weighted by Crippen LogP contribution is 2.53. The second-order valence-electron chi connectivity index (χ2n) is 14.0. The first-order chi connectivity index (χ1) is 27.3. The molecular weight excluding hydrogens is 881 g/mol. The van der Waals surface area contributed by atoms with E-state index in [0.29, 0.717) is 0 Å². The van der Waals surface area contributed by atoms with E-state index in [2.05, 4.69) is 0 Å². The summed E-state index contributed by atoms with van der Waals surface area (Å²) in [5, 5.41) is 91.1. The summed E-state index contributed by atoms with van der Waals surface area (Å²) in [6.07, 6.45) is 0. The van der Waals surface area contributed by atoms with Crippen molar-refractivity contribution in [2.24, 2.45) is 0 Å². The van der Waals surface area contributed by atoms with Crippen molar-refractivity contribution in [1.82, 2.24) is 0 Å². The van der Waals surface area contributed by atoms with Gasteiger partial charge in [-0.15, -0.1) is 25.3 Å². The summed E-state index contributed by atoms with van der Waals surface area (Å²) in [6.45, 7) is 8.99. The van der Waals surface area contributed by atoms with E-state index in [1.165, 1.54) is 58.9 Å². The summed E-state index contributed by atoms with van der Waals surface area (Å²) in [6, 6.07) is 5.41. The normalized spacial score (nSPS) is 17.3. The molecule has 2 unspecified atom stereocenters. The summed E-state index contributed by atoms with van der Waals surface area (Å²) in [5.74, 6) is -11.3. The summed E-state index contributed by atoms with van der Waals surface area (Å²) >= 11 is 0. The number of benzene rings is 4. The van der Waals surface area contributed by atoms with Crippen LogP contribution in [0, 0.1) is 13.8 Å². The average molecular weight is 921 g/mol. The Morgan fingerprint density at radius 2 is 0.550 bits per heavy atom. The van der Waals surface area contributed by atoms with Crippen LogP contribution in [0.15, 0.2) is 24.3 Å². The van der Waals surface area contributed by atoms with Crippen molar-refractivity contribution >= 4 is 41.5 Å². The number of aromatic hydroxyl groups is 8. The van der Waals surface area contributed by atoms with Crippen molar-refractivity contribution in [2.45, 2.75) is 76.7 Å². The number of rotatable bonds is 4. The van der Waals surface area contributed by atoms with Crippen LogP contribution < -0.4 is 0 Å². The van der Waals surface area contributed by atoms with E-state index in [1.54, 1.807) is 6.92 Å². The van der Waals surface area contributed by atoms with Gasteiger partial charge in [-0.25, -0.2) is 0 Å². The third kappa shape index (κ3) is 10.2. The Hall–Kier alpha value is -5.66. The lowest BCUT2D eigenvalue weighted by molar-refractivity contribution is 0.417. The van der Waals surface area contributed by atoms with Crippen molar-refractivity contribution in [3.63, 3.8) is 0 Å². The molecular formula is C36H40O20S4. The number of phenols is 8. The lowest BCUT2D eigenvalue weighted by Crippen LogP contribution is -2.12. The number of phenolic OH excluding ortho intramolecular Hbond substituents is 8. The fourth-order valence-corrected chi connectivity index (χ4v) is 8.45. The van der Waals surface area contributed by atoms with Crippen LogP contribution in [0.3, 0.4) is 0 Å². The van der Waals surface area contributed by atoms with Gasteiger partial charge in [-0.2, -0.15) is 16.8 Å². The molecule has 20 nitrogen and oxygen atoms in total. The smallest absolute Gasteiger partial charge is 0.425 e. The first-order valence-corrected chi connectivity index (χ1v) is 22.3. The second kappa shape index (κ2) is 17.9. The quantitative estimate of drug-likeness (QED) is 0.131. The van der Waals surface area contributed by atoms with Crippen LogP contribution in [0.1, 0.15) is 118 Å². The Kier molecular flexibility index (Phi) is 14.5. The molecule has 0 fully saturated rings. The Bertz CT molecular complexity index is 2650. The van der Waals surface area contributed by atoms with Gasteiger partial charge in [0.1, 0.15) is 57.5 Å². The standard InChI is InChI=1S/C36H40O14S2.2O3S/c1-13-19-7-21(31(39)17(5)29(19)37)14(2)23-9-25(35(43)27(33(23)41)11-51(45,46)47)16(4)26-10-24(34(42)28(36(26)44)12-52(48,49)50)15(3)22-8-20(13)30(38)18(6)32(22)40;2*1-4(2)3/h7-10,13-16,37-44H,11-12H2,1-6H3,(H,45,46,47)(H,48,49,50);;/t13?,14-,15+,16?;;. The van der Waals surface area contributed by atoms with Crippen LogP contribution >= 0.6 is 0 Å². The minimum Gasteiger partial charge on any atom is -0.507 e. The lowest BCUT2D eigenvalue weighted by Gasteiger charge is -2.28. The van der Waals surface area contributed by atoms with E-state index in [1.807, 2.05) is 0 Å². The molecule has 4 aromatic rings. The van der Waals surface area contributed by atoms with Crippen LogP contribution in [0.4, 0.5) is 0 Å². The fraction of sp³-hybridized carbons (Fsp3) is 0.333. The lowest BCUT2D eigenvalue weighted by atomic mass is 9.78. The van der Waals surface area contributed by atoms with E-state index in [0.717, 1.165) is 0 Å². The highest BCUT2D eigenvalue weighted by atomic mass is 32.2. The molecule has 328 valence electrons. The van der Waals surface area contributed by atoms with Crippen molar-refractivity contribution in [3.05, 3.63) is 91.0 Å². The Morgan fingerprint density at radius 3 is 0.700 bits per heavy atom. The topological polar surface area (TPSA) is 373 Å². The molecule has 0 amide bonds. The summed E-state index contributed by atoms with van der Waals surface area (Å²) in [7, 11) is -16.0. The maximum atomic E-state index is 12.1. The van der Waals surface area contributed by atoms with Crippen LogP contribution in [0.5, 0.6) is 46.0 Å². The van der Waals surface area contributed by atoms with E-state index in [4.69, 9.17) is 25.3 Å². The van der Waals surface area contributed by atoms with Crippen molar-refractivity contribution in [3.8, 4) is 46.0 Å². The molecule has 0 radical (unpaired) electrons. The van der Waals surface area contributed by atoms with Gasteiger partial charge in [0.25, 0.3) is 20.2 Å². The van der Waals surface area contributed by atoms with Gasteiger partial charge in [-0.05, 0) is 38.1 Å². The molecule has 0 heterocycles. The molecule has 0 saturated carbocycles. The molecule has 0 aromatic heterocycles. The third-order valence-electron chi connectivity index (χ3n) is 10.4. The van der Waals surface area contributed by atoms with Crippen molar-refractivity contribution < 1.29 is 92.0 Å². The number of fused-ring (bicyclic) bond motifs is 8. The predicted octanol–water partition coefficient (Wildman–Crippen LogP) is 3.64. The highest BCUT2D eigenvalue weighted by molar-refractivity contribution is 7.85. The molecule has 10 N–H and O–H groups in total. The average Bonchev–Trinajstić information content (AvgIpc) is 3.11. The number of hydrogen-bond donors (Lipinski definition) is 10. The van der Waals surface area contributed by atoms with Crippen LogP contribution in [0.25, 0.3) is 0 Å². The van der Waals surface area contributed by atoms with Crippen molar-refractivity contribution in [2.75, 3.05) is 0 Å². The van der Waals surface area contributed by atoms with Gasteiger partial charge in [0.2, 0.25) is 0 Å². The predicted molar refractivity (Wildman–Crippen MR) is 209 cm³/mol. The van der Waals surface area contributed by atoms with Gasteiger partial charge in [0.05, 0.1) is 11.1 Å². The summed E-state index contributed by atoms with van der Waals surface area (Å²) < 4.78 is 119. The SMILES string of the molecule is Cc1c(O)c2cc(c1O)[C@@H](C)c1cc(c(O)c(CS(=O)(=O)O)c1O)C(C)c1cc(c(O)c(CS(=O)(=O)O)c1O)[C@@H](C)c1cc(c(O)c(C)c1O)C2C.O=S(=O)=O.O=S(=O)=O. The van der Waals surface area contributed by atoms with E-state index < -0.39 is 122 Å². The van der Waals surface area contributed by atoms with Crippen LogP contribution in [-0.2, 0) is 53.0 Å². The largest absolute Gasteiger partial charge is 0.507 e. The zero-order chi connectivity index (χ0) is 46.3. The molecule has 0 aliphatic heterocycles. The van der Waals surface area contributed by atoms with Gasteiger partial charge < -0.3 is 40.9 Å². The van der Waals surface area contributed by atoms with E-state index in [9.17, 15) is 66.8 Å². The Balaban J connectivity index is 0.00000110. The van der Waals surface area contributed by atoms with Gasteiger partial charge in [0.15, 0.2) is 0 Å². The van der Waals surface area contributed by atoms with Crippen LogP contribution in [0.2, 0.25) is 0 Å². The highest BCUT2D eigenvalue weighted by Gasteiger charge is 2.34. The Morgan fingerprint density at radius 1 is 0.400 bits per heavy atom. The minimum atomic E-state index is -4.90. The van der Waals surface area contributed by atoms with Gasteiger partial charge in [-0.3, -0.25) is 9.11 Å². The van der Waals surface area contributed by atoms with E-state index >= 15 is 0 Å². The molecule has 8 bridgehead atoms. The minimum absolute atomic E-state index is 0.0251. The van der Waals surface area contributed by atoms with Crippen molar-refractivity contribution in [1.29, 1.82) is 0 Å². The molecule has 5 rings (SSSR count). The molecule has 24 heteroatoms. The van der Waals surface area contributed by atoms with Gasteiger partial charge >= 0.3 is 21.2 Å². The molecule has 1 aliphatic carbocycles. The third-order valence-corrected chi connectivity index (χ3v) is 11.7. The zero-order valence-corrected chi connectivity index (χ0v) is 35.5. The fourth-order valence-electron chi connectivity index (χ4n) is 7.18. The molecule has 4 aromatic carbocycles. The summed E-state index contributed by atoms with van der Waals surface area (Å²) in [4.78, 5) is 0. The maximum Gasteiger partial charge on any atom is 0.425 e. The molecule has 60 heavy (non-hydrogen) atoms. The first kappa shape index (κ1) is 48.7. The van der Waals surface area contributed by atoms with Crippen LogP contribution in [-0.4, -0.2) is 92.0 Å².